The largest absolute Gasteiger partial charge is 0.370 e. The first-order chi connectivity index (χ1) is 9.56. The fourth-order valence-electron chi connectivity index (χ4n) is 2.75. The molecule has 20 heavy (non-hydrogen) atoms. The number of hydrogen-bond donors (Lipinski definition) is 1. The van der Waals surface area contributed by atoms with E-state index in [-0.39, 0.29) is 11.6 Å². The van der Waals surface area contributed by atoms with Crippen LogP contribution in [0.2, 0.25) is 0 Å². The molecule has 0 radical (unpaired) electrons. The van der Waals surface area contributed by atoms with Crippen molar-refractivity contribution in [3.05, 3.63) is 22.6 Å². The molecule has 0 spiro atoms. The highest BCUT2D eigenvalue weighted by Gasteiger charge is 2.17. The minimum absolute atomic E-state index is 0.00889. The number of hydrogen-bond acceptors (Lipinski definition) is 4. The zero-order chi connectivity index (χ0) is 14.5. The van der Waals surface area contributed by atoms with Crippen LogP contribution in [0.5, 0.6) is 0 Å². The predicted octanol–water partition coefficient (Wildman–Crippen LogP) is 1.61. The summed E-state index contributed by atoms with van der Waals surface area (Å²) in [4.78, 5) is 14.4. The molecule has 2 heterocycles. The van der Waals surface area contributed by atoms with Crippen molar-refractivity contribution in [2.24, 2.45) is 11.7 Å². The van der Waals surface area contributed by atoms with Gasteiger partial charge in [-0.05, 0) is 38.5 Å². The molecule has 0 aromatic carbocycles. The van der Waals surface area contributed by atoms with E-state index >= 15 is 0 Å². The first kappa shape index (κ1) is 15.0. The second-order valence-electron chi connectivity index (χ2n) is 6.09. The lowest BCUT2D eigenvalue weighted by Gasteiger charge is -2.32. The number of rotatable bonds is 5. The van der Waals surface area contributed by atoms with Crippen molar-refractivity contribution in [2.75, 3.05) is 18.0 Å². The van der Waals surface area contributed by atoms with Crippen molar-refractivity contribution in [3.8, 4) is 0 Å². The molecule has 0 amide bonds. The van der Waals surface area contributed by atoms with Crippen molar-refractivity contribution in [3.63, 3.8) is 0 Å². The quantitative estimate of drug-likeness (QED) is 0.888. The number of nitrogens with zero attached hydrogens (tertiary/aromatic N) is 3. The summed E-state index contributed by atoms with van der Waals surface area (Å²) in [6.07, 6.45) is 6.10. The van der Waals surface area contributed by atoms with Gasteiger partial charge >= 0.3 is 0 Å². The summed E-state index contributed by atoms with van der Waals surface area (Å²) >= 11 is 0. The molecule has 1 aromatic heterocycles. The van der Waals surface area contributed by atoms with Crippen LogP contribution in [0.3, 0.4) is 0 Å². The van der Waals surface area contributed by atoms with E-state index < -0.39 is 0 Å². The predicted molar refractivity (Wildman–Crippen MR) is 82.0 cm³/mol. The number of anilines is 1. The molecule has 0 bridgehead atoms. The Labute approximate surface area is 120 Å². The van der Waals surface area contributed by atoms with Gasteiger partial charge in [0, 0.05) is 31.7 Å². The van der Waals surface area contributed by atoms with E-state index in [1.807, 2.05) is 13.1 Å². The molecule has 2 rings (SSSR count). The Morgan fingerprint density at radius 2 is 2.35 bits per heavy atom. The summed E-state index contributed by atoms with van der Waals surface area (Å²) in [7, 11) is 0. The third-order valence-electron chi connectivity index (χ3n) is 3.91. The molecular formula is C15H26N4O. The van der Waals surface area contributed by atoms with E-state index in [2.05, 4.69) is 16.9 Å². The number of piperidine rings is 1. The molecule has 0 aliphatic carbocycles. The maximum Gasteiger partial charge on any atom is 0.268 e. The molecular weight excluding hydrogens is 252 g/mol. The molecule has 1 aliphatic rings. The van der Waals surface area contributed by atoms with E-state index in [1.165, 1.54) is 12.8 Å². The smallest absolute Gasteiger partial charge is 0.268 e. The van der Waals surface area contributed by atoms with Crippen LogP contribution in [0.25, 0.3) is 0 Å². The molecule has 2 N–H and O–H groups in total. The summed E-state index contributed by atoms with van der Waals surface area (Å²) in [5, 5.41) is 4.30. The minimum Gasteiger partial charge on any atom is -0.370 e. The number of aromatic nitrogens is 2. The lowest BCUT2D eigenvalue weighted by molar-refractivity contribution is 0.444. The Hall–Kier alpha value is -1.36. The maximum atomic E-state index is 12.1. The van der Waals surface area contributed by atoms with Crippen molar-refractivity contribution in [1.29, 1.82) is 0 Å². The summed E-state index contributed by atoms with van der Waals surface area (Å²) in [6, 6.07) is 1.90. The van der Waals surface area contributed by atoms with Gasteiger partial charge in [0.15, 0.2) is 0 Å². The Balaban J connectivity index is 2.00. The van der Waals surface area contributed by atoms with Crippen LogP contribution >= 0.6 is 0 Å². The Morgan fingerprint density at radius 1 is 1.55 bits per heavy atom. The van der Waals surface area contributed by atoms with Crippen LogP contribution in [-0.4, -0.2) is 28.9 Å². The Kier molecular flexibility index (Phi) is 5.17. The van der Waals surface area contributed by atoms with Crippen LogP contribution in [0.15, 0.2) is 17.1 Å². The molecule has 1 aliphatic heterocycles. The summed E-state index contributed by atoms with van der Waals surface area (Å²) in [5.41, 5.74) is 6.67. The van der Waals surface area contributed by atoms with Crippen molar-refractivity contribution >= 4 is 5.69 Å². The molecule has 2 atom stereocenters. The van der Waals surface area contributed by atoms with Gasteiger partial charge in [-0.2, -0.15) is 5.10 Å². The maximum absolute atomic E-state index is 12.1. The second kappa shape index (κ2) is 6.88. The molecule has 1 saturated heterocycles. The van der Waals surface area contributed by atoms with Gasteiger partial charge in [-0.25, -0.2) is 4.68 Å². The average Bonchev–Trinajstić information content (AvgIpc) is 2.40. The van der Waals surface area contributed by atoms with Gasteiger partial charge in [-0.1, -0.05) is 6.92 Å². The molecule has 0 saturated carbocycles. The third-order valence-corrected chi connectivity index (χ3v) is 3.91. The molecule has 1 fully saturated rings. The van der Waals surface area contributed by atoms with Gasteiger partial charge in [-0.15, -0.1) is 0 Å². The van der Waals surface area contributed by atoms with Crippen molar-refractivity contribution in [1.82, 2.24) is 9.78 Å². The van der Waals surface area contributed by atoms with E-state index in [9.17, 15) is 4.79 Å². The first-order valence-corrected chi connectivity index (χ1v) is 7.64. The van der Waals surface area contributed by atoms with Crippen molar-refractivity contribution in [2.45, 2.75) is 52.1 Å². The zero-order valence-electron chi connectivity index (χ0n) is 12.6. The highest BCUT2D eigenvalue weighted by molar-refractivity contribution is 5.43. The van der Waals surface area contributed by atoms with Crippen LogP contribution in [0.4, 0.5) is 5.69 Å². The first-order valence-electron chi connectivity index (χ1n) is 7.64. The lowest BCUT2D eigenvalue weighted by atomic mass is 10.00. The monoisotopic (exact) mass is 278 g/mol. The van der Waals surface area contributed by atoms with Gasteiger partial charge in [-0.3, -0.25) is 4.79 Å². The topological polar surface area (TPSA) is 64.2 Å². The molecule has 5 heteroatoms. The van der Waals surface area contributed by atoms with Gasteiger partial charge < -0.3 is 10.6 Å². The van der Waals surface area contributed by atoms with E-state index in [4.69, 9.17) is 5.73 Å². The Morgan fingerprint density at radius 3 is 3.00 bits per heavy atom. The number of aryl methyl sites for hydroxylation is 1. The summed E-state index contributed by atoms with van der Waals surface area (Å²) in [5.74, 6) is 0.692. The Bertz CT molecular complexity index is 483. The highest BCUT2D eigenvalue weighted by Crippen LogP contribution is 2.20. The van der Waals surface area contributed by atoms with Gasteiger partial charge in [0.1, 0.15) is 0 Å². The highest BCUT2D eigenvalue weighted by atomic mass is 16.1. The molecule has 112 valence electrons. The lowest BCUT2D eigenvalue weighted by Crippen LogP contribution is -2.35. The van der Waals surface area contributed by atoms with Crippen LogP contribution < -0.4 is 16.2 Å². The molecule has 5 nitrogen and oxygen atoms in total. The molecule has 1 aromatic rings. The summed E-state index contributed by atoms with van der Waals surface area (Å²) < 4.78 is 1.54. The fourth-order valence-corrected chi connectivity index (χ4v) is 2.75. The van der Waals surface area contributed by atoms with E-state index in [1.54, 1.807) is 10.7 Å². The van der Waals surface area contributed by atoms with Gasteiger partial charge in [0.25, 0.3) is 5.56 Å². The fraction of sp³-hybridized carbons (Fsp3) is 0.733. The van der Waals surface area contributed by atoms with Gasteiger partial charge in [0.2, 0.25) is 0 Å². The van der Waals surface area contributed by atoms with Crippen LogP contribution in [0.1, 0.15) is 39.5 Å². The van der Waals surface area contributed by atoms with Crippen LogP contribution in [-0.2, 0) is 6.54 Å². The second-order valence-corrected chi connectivity index (χ2v) is 6.09. The van der Waals surface area contributed by atoms with Crippen molar-refractivity contribution < 1.29 is 0 Å². The number of nitrogens with two attached hydrogens (primary N) is 1. The third kappa shape index (κ3) is 4.07. The van der Waals surface area contributed by atoms with Gasteiger partial charge in [0.05, 0.1) is 11.9 Å². The standard InChI is InChI=1S/C15H26N4O/c1-12-5-3-7-18(11-12)14-9-15(20)19(17-10-14)8-4-6-13(2)16/h9-10,12-13H,3-8,11,16H2,1-2H3. The summed E-state index contributed by atoms with van der Waals surface area (Å²) in [6.45, 7) is 6.94. The minimum atomic E-state index is -0.00889. The zero-order valence-corrected chi connectivity index (χ0v) is 12.6. The SMILES string of the molecule is CC(N)CCCn1ncc(N2CCCC(C)C2)cc1=O. The van der Waals surface area contributed by atoms with Crippen LogP contribution in [0, 0.1) is 5.92 Å². The molecule has 2 unspecified atom stereocenters. The van der Waals surface area contributed by atoms with E-state index in [0.717, 1.165) is 31.6 Å². The normalized spacial score (nSPS) is 20.9. The average molecular weight is 278 g/mol. The van der Waals surface area contributed by atoms with E-state index in [0.29, 0.717) is 12.5 Å².